The first-order valence-corrected chi connectivity index (χ1v) is 31.8. The molecule has 0 bridgehead atoms. The van der Waals surface area contributed by atoms with Gasteiger partial charge in [0.2, 0.25) is 0 Å². The summed E-state index contributed by atoms with van der Waals surface area (Å²) in [4.78, 5) is 28.0. The van der Waals surface area contributed by atoms with Crippen LogP contribution in [0.1, 0.15) is 338 Å². The lowest BCUT2D eigenvalue weighted by molar-refractivity contribution is 0.112. The maximum Gasteiger partial charge on any atom is 0.263 e. The van der Waals surface area contributed by atoms with Gasteiger partial charge in [-0.25, -0.2) is 0 Å². The van der Waals surface area contributed by atoms with Crippen LogP contribution in [-0.2, 0) is 13.5 Å². The topological polar surface area (TPSA) is 43.5 Å². The van der Waals surface area contributed by atoms with Crippen LogP contribution in [0.2, 0.25) is 0 Å². The van der Waals surface area contributed by atoms with E-state index in [4.69, 9.17) is 0 Å². The highest BCUT2D eigenvalue weighted by Gasteiger charge is 2.19. The molecule has 0 aliphatic heterocycles. The fourth-order valence-corrected chi connectivity index (χ4v) is 12.1. The normalized spacial score (nSPS) is 12.4. The molecule has 0 unspecified atom stereocenters. The number of carbonyl (C=O) groups is 1. The Labute approximate surface area is 440 Å². The zero-order chi connectivity index (χ0) is 50.8. The third-order valence-corrected chi connectivity index (χ3v) is 16.7. The van der Waals surface area contributed by atoms with Crippen molar-refractivity contribution in [3.05, 3.63) is 69.1 Å². The predicted octanol–water partition coefficient (Wildman–Crippen LogP) is 20.8. The standard InChI is InChI=1S/C67H116N2O2/c1-6-10-14-18-22-26-30-36-46-59(47-37-31-27-23-19-15-11-7-2)50-40-34-42-52-61-63(58-70)66(67(71)69-57-45-55-65(61)69)62(64-54-44-56-68(64)5)53-43-35-41-51-60(48-38-32-28-24-20-16-12-8-3)49-39-33-29-25-21-17-13-9-4/h44-45,54-60H,6-43,46-53H2,1-5H3/b66-62+. The number of hydrogen-bond acceptors (Lipinski definition) is 2. The van der Waals surface area contributed by atoms with E-state index < -0.39 is 0 Å². The van der Waals surface area contributed by atoms with E-state index in [2.05, 4.69) is 63.7 Å². The van der Waals surface area contributed by atoms with E-state index in [1.165, 1.54) is 270 Å². The lowest BCUT2D eigenvalue weighted by Gasteiger charge is -2.18. The molecule has 0 aliphatic carbocycles. The first-order valence-electron chi connectivity index (χ1n) is 31.8. The van der Waals surface area contributed by atoms with Crippen molar-refractivity contribution in [3.8, 4) is 0 Å². The molecule has 0 spiro atoms. The number of fused-ring (bicyclic) bond motifs is 1. The van der Waals surface area contributed by atoms with Crippen molar-refractivity contribution in [1.82, 2.24) is 8.97 Å². The summed E-state index contributed by atoms with van der Waals surface area (Å²) in [6.45, 7) is 9.24. The summed E-state index contributed by atoms with van der Waals surface area (Å²) in [5.74, 6) is 1.69. The molecule has 0 saturated heterocycles. The van der Waals surface area contributed by atoms with Gasteiger partial charge in [-0.2, -0.15) is 0 Å². The Kier molecular flexibility index (Phi) is 37.7. The van der Waals surface area contributed by atoms with Gasteiger partial charge in [-0.15, -0.1) is 0 Å². The van der Waals surface area contributed by atoms with Crippen molar-refractivity contribution in [1.29, 1.82) is 0 Å². The summed E-state index contributed by atoms with van der Waals surface area (Å²) < 4.78 is 4.01. The largest absolute Gasteiger partial charge is 0.351 e. The molecule has 0 aromatic carbocycles. The minimum atomic E-state index is -0.0346. The number of rotatable bonds is 50. The molecule has 0 N–H and O–H groups in total. The summed E-state index contributed by atoms with van der Waals surface area (Å²) in [7, 11) is 2.09. The van der Waals surface area contributed by atoms with Crippen molar-refractivity contribution in [3.63, 3.8) is 0 Å². The van der Waals surface area contributed by atoms with Crippen LogP contribution in [0, 0.1) is 11.8 Å². The van der Waals surface area contributed by atoms with Gasteiger partial charge >= 0.3 is 0 Å². The Morgan fingerprint density at radius 3 is 1.17 bits per heavy atom. The zero-order valence-corrected chi connectivity index (χ0v) is 47.9. The molecule has 3 rings (SSSR count). The van der Waals surface area contributed by atoms with Gasteiger partial charge in [0.25, 0.3) is 5.56 Å². The van der Waals surface area contributed by atoms with E-state index in [-0.39, 0.29) is 5.56 Å². The molecule has 4 nitrogen and oxygen atoms in total. The molecule has 406 valence electrons. The highest BCUT2D eigenvalue weighted by atomic mass is 16.1. The van der Waals surface area contributed by atoms with E-state index in [1.54, 1.807) is 0 Å². The Balaban J connectivity index is 1.67. The fraction of sp³-hybridized carbons (Fsp3) is 0.791. The molecular weight excluding hydrogens is 865 g/mol. The summed E-state index contributed by atoms with van der Waals surface area (Å²) >= 11 is 0. The first kappa shape index (κ1) is 62.7. The zero-order valence-electron chi connectivity index (χ0n) is 47.9. The number of aryl methyl sites for hydroxylation is 2. The van der Waals surface area contributed by atoms with Crippen LogP contribution < -0.4 is 10.8 Å². The molecule has 3 heterocycles. The molecule has 4 heteroatoms. The van der Waals surface area contributed by atoms with Crippen LogP contribution >= 0.6 is 0 Å². The monoisotopic (exact) mass is 981 g/mol. The van der Waals surface area contributed by atoms with Gasteiger partial charge in [-0.3, -0.25) is 14.0 Å². The highest BCUT2D eigenvalue weighted by molar-refractivity contribution is 5.84. The lowest BCUT2D eigenvalue weighted by atomic mass is 9.88. The number of nitrogens with zero attached hydrogens (tertiary/aromatic N) is 2. The second-order valence-corrected chi connectivity index (χ2v) is 22.9. The van der Waals surface area contributed by atoms with Crippen LogP contribution in [0.25, 0.3) is 11.1 Å². The predicted molar refractivity (Wildman–Crippen MR) is 313 cm³/mol. The minimum absolute atomic E-state index is 0.0346. The fourth-order valence-electron chi connectivity index (χ4n) is 12.1. The van der Waals surface area contributed by atoms with E-state index in [0.29, 0.717) is 10.8 Å². The highest BCUT2D eigenvalue weighted by Crippen LogP contribution is 2.28. The van der Waals surface area contributed by atoms with Gasteiger partial charge in [-0.1, -0.05) is 297 Å². The molecule has 0 radical (unpaired) electrons. The Morgan fingerprint density at radius 1 is 0.451 bits per heavy atom. The maximum atomic E-state index is 14.6. The molecule has 0 aliphatic rings. The van der Waals surface area contributed by atoms with Crippen molar-refractivity contribution >= 4 is 17.4 Å². The van der Waals surface area contributed by atoms with Crippen LogP contribution in [-0.4, -0.2) is 15.3 Å². The Morgan fingerprint density at radius 2 is 0.803 bits per heavy atom. The second-order valence-electron chi connectivity index (χ2n) is 22.9. The number of pyridine rings is 1. The SMILES string of the molecule is CCCCCCCCCCC(CCCCCCCCCC)CCCCC/C(c1cccn1C)=c1/c(C=O)c(CCCCCC(CCCCCCCCCC)CCCCCCCCCC)c2cccn2c1=O. The molecule has 71 heavy (non-hydrogen) atoms. The smallest absolute Gasteiger partial charge is 0.263 e. The summed E-state index contributed by atoms with van der Waals surface area (Å²) in [6, 6.07) is 8.31. The average molecular weight is 982 g/mol. The summed E-state index contributed by atoms with van der Waals surface area (Å²) in [5, 5.41) is 0.651. The summed E-state index contributed by atoms with van der Waals surface area (Å²) in [5.41, 5.74) is 4.74. The molecular formula is C67H116N2O2. The van der Waals surface area contributed by atoms with Gasteiger partial charge in [0.15, 0.2) is 6.29 Å². The van der Waals surface area contributed by atoms with Crippen LogP contribution in [0.15, 0.2) is 41.5 Å². The molecule has 0 fully saturated rings. The molecule has 0 saturated carbocycles. The second kappa shape index (κ2) is 42.7. The van der Waals surface area contributed by atoms with Gasteiger partial charge < -0.3 is 4.57 Å². The van der Waals surface area contributed by atoms with Gasteiger partial charge in [0.05, 0.1) is 10.7 Å². The lowest BCUT2D eigenvalue weighted by Crippen LogP contribution is -2.37. The number of unbranched alkanes of at least 4 members (excludes halogenated alkanes) is 32. The van der Waals surface area contributed by atoms with E-state index >= 15 is 0 Å². The van der Waals surface area contributed by atoms with E-state index in [9.17, 15) is 9.59 Å². The van der Waals surface area contributed by atoms with Crippen molar-refractivity contribution in [2.75, 3.05) is 0 Å². The van der Waals surface area contributed by atoms with Gasteiger partial charge in [0.1, 0.15) is 0 Å². The Bertz CT molecular complexity index is 1780. The van der Waals surface area contributed by atoms with E-state index in [0.717, 1.165) is 66.2 Å². The summed E-state index contributed by atoms with van der Waals surface area (Å²) in [6.07, 6.45) is 66.6. The third kappa shape index (κ3) is 26.9. The molecule has 3 aromatic heterocycles. The number of hydrogen-bond donors (Lipinski definition) is 0. The quantitative estimate of drug-likeness (QED) is 0.0418. The van der Waals surface area contributed by atoms with Crippen molar-refractivity contribution in [2.24, 2.45) is 18.9 Å². The first-order chi connectivity index (χ1) is 35.0. The van der Waals surface area contributed by atoms with Crippen molar-refractivity contribution in [2.45, 2.75) is 323 Å². The van der Waals surface area contributed by atoms with E-state index in [1.807, 2.05) is 16.7 Å². The number of carbonyl (C=O) groups excluding carboxylic acids is 1. The van der Waals surface area contributed by atoms with Gasteiger partial charge in [0, 0.05) is 30.7 Å². The van der Waals surface area contributed by atoms with Gasteiger partial charge in [-0.05, 0) is 72.9 Å². The molecule has 0 amide bonds. The third-order valence-electron chi connectivity index (χ3n) is 16.7. The minimum Gasteiger partial charge on any atom is -0.351 e. The van der Waals surface area contributed by atoms with Crippen LogP contribution in [0.5, 0.6) is 0 Å². The number of aromatic nitrogens is 2. The van der Waals surface area contributed by atoms with Crippen molar-refractivity contribution < 1.29 is 4.79 Å². The average Bonchev–Trinajstić information content (AvgIpc) is 4.05. The molecule has 3 aromatic rings. The maximum absolute atomic E-state index is 14.6. The number of aldehydes is 1. The Hall–Kier alpha value is -2.62. The van der Waals surface area contributed by atoms with Crippen LogP contribution in [0.4, 0.5) is 0 Å². The molecule has 0 atom stereocenters. The van der Waals surface area contributed by atoms with Crippen LogP contribution in [0.3, 0.4) is 0 Å².